The van der Waals surface area contributed by atoms with Gasteiger partial charge in [-0.3, -0.25) is 4.79 Å². The van der Waals surface area contributed by atoms with Crippen molar-refractivity contribution in [1.29, 1.82) is 0 Å². The summed E-state index contributed by atoms with van der Waals surface area (Å²) in [4.78, 5) is 10.4. The van der Waals surface area contributed by atoms with Gasteiger partial charge in [0.05, 0.1) is 0 Å². The molecule has 0 saturated carbocycles. The van der Waals surface area contributed by atoms with E-state index < -0.39 is 7.25 Å². The molecule has 1 rings (SSSR count). The van der Waals surface area contributed by atoms with Gasteiger partial charge in [-0.25, -0.2) is 0 Å². The summed E-state index contributed by atoms with van der Waals surface area (Å²) in [6, 6.07) is 0. The summed E-state index contributed by atoms with van der Waals surface area (Å²) in [5.74, 6) is 0.402. The van der Waals surface area contributed by atoms with Crippen LogP contribution < -0.4 is 5.32 Å². The van der Waals surface area contributed by atoms with E-state index in [9.17, 15) is 22.1 Å². The molecule has 0 aromatic carbocycles. The zero-order valence-corrected chi connectivity index (χ0v) is 6.33. The maximum Gasteiger partial charge on any atom is 0.673 e. The molecule has 1 aliphatic rings. The molecule has 0 amide bonds. The van der Waals surface area contributed by atoms with Crippen LogP contribution in [0.15, 0.2) is 0 Å². The van der Waals surface area contributed by atoms with Crippen LogP contribution in [0.5, 0.6) is 0 Å². The zero-order chi connectivity index (χ0) is 9.61. The maximum absolute atomic E-state index is 10.4. The van der Waals surface area contributed by atoms with Crippen molar-refractivity contribution in [1.82, 2.24) is 5.32 Å². The van der Waals surface area contributed by atoms with Gasteiger partial charge in [-0.15, -0.1) is 0 Å². The Morgan fingerprint density at radius 1 is 1.08 bits per heavy atom. The van der Waals surface area contributed by atoms with Crippen LogP contribution in [0.25, 0.3) is 0 Å². The molecule has 2 nitrogen and oxygen atoms in total. The van der Waals surface area contributed by atoms with Crippen molar-refractivity contribution >= 4 is 13.0 Å². The number of hydrogen-bond donors (Lipinski definition) is 1. The lowest BCUT2D eigenvalue weighted by molar-refractivity contribution is -0.119. The lowest BCUT2D eigenvalue weighted by Crippen LogP contribution is -2.27. The van der Waals surface area contributed by atoms with Crippen molar-refractivity contribution in [3.8, 4) is 0 Å². The van der Waals surface area contributed by atoms with E-state index in [0.717, 1.165) is 25.9 Å². The molecule has 0 aromatic rings. The molecule has 0 radical (unpaired) electrons. The quantitative estimate of drug-likeness (QED) is 0.455. The highest BCUT2D eigenvalue weighted by Crippen LogP contribution is 2.06. The van der Waals surface area contributed by atoms with E-state index in [1.807, 2.05) is 0 Å². The highest BCUT2D eigenvalue weighted by Gasteiger charge is 2.20. The van der Waals surface area contributed by atoms with E-state index in [2.05, 4.69) is 5.32 Å². The Balaban J connectivity index is 0.000000217. The first-order chi connectivity index (χ1) is 5.39. The zero-order valence-electron chi connectivity index (χ0n) is 6.33. The Kier molecular flexibility index (Phi) is 4.88. The number of nitrogens with one attached hydrogen (secondary N) is 1. The fourth-order valence-electron chi connectivity index (χ4n) is 0.706. The first-order valence-electron chi connectivity index (χ1n) is 3.49. The van der Waals surface area contributed by atoms with Crippen LogP contribution in [0.2, 0.25) is 0 Å². The van der Waals surface area contributed by atoms with Gasteiger partial charge in [0.2, 0.25) is 0 Å². The highest BCUT2D eigenvalue weighted by molar-refractivity contribution is 6.50. The van der Waals surface area contributed by atoms with Gasteiger partial charge in [0.1, 0.15) is 5.78 Å². The summed E-state index contributed by atoms with van der Waals surface area (Å²) >= 11 is 0. The molecule has 1 aliphatic heterocycles. The van der Waals surface area contributed by atoms with Crippen LogP contribution in [0, 0.1) is 0 Å². The minimum absolute atomic E-state index is 0.402. The molecule has 7 heteroatoms. The predicted molar refractivity (Wildman–Crippen MR) is 37.3 cm³/mol. The van der Waals surface area contributed by atoms with Crippen molar-refractivity contribution in [2.45, 2.75) is 12.8 Å². The van der Waals surface area contributed by atoms with Crippen LogP contribution in [0.1, 0.15) is 12.8 Å². The Hall–Kier alpha value is -0.585. The second-order valence-electron chi connectivity index (χ2n) is 2.28. The molecule has 0 atom stereocenters. The van der Waals surface area contributed by atoms with Gasteiger partial charge >= 0.3 is 7.25 Å². The fraction of sp³-hybridized carbons (Fsp3) is 0.800. The predicted octanol–water partition coefficient (Wildman–Crippen LogP) is 1.24. The molecular weight excluding hydrogens is 177 g/mol. The molecule has 0 spiro atoms. The van der Waals surface area contributed by atoms with Crippen molar-refractivity contribution in [3.63, 3.8) is 0 Å². The van der Waals surface area contributed by atoms with E-state index in [0.29, 0.717) is 5.78 Å². The first-order valence-corrected chi connectivity index (χ1v) is 3.49. The molecule has 1 fully saturated rings. The summed E-state index contributed by atoms with van der Waals surface area (Å²) in [5, 5.41) is 3.09. The SMILES string of the molecule is F[B-](F)(F)F.O=C1CCNCC1. The van der Waals surface area contributed by atoms with Gasteiger partial charge in [-0.05, 0) is 0 Å². The van der Waals surface area contributed by atoms with Gasteiger partial charge in [-0.2, -0.15) is 0 Å². The summed E-state index contributed by atoms with van der Waals surface area (Å²) in [6.45, 7) is 1.78. The van der Waals surface area contributed by atoms with Crippen LogP contribution in [0.3, 0.4) is 0 Å². The summed E-state index contributed by atoms with van der Waals surface area (Å²) < 4.78 is 39.0. The smallest absolute Gasteiger partial charge is 0.418 e. The summed E-state index contributed by atoms with van der Waals surface area (Å²) in [7, 11) is -6.00. The number of halogens is 4. The minimum Gasteiger partial charge on any atom is -0.418 e. The molecule has 0 aromatic heterocycles. The number of Topliss-reactive ketones (excluding diaryl/α,β-unsaturated/α-hetero) is 1. The van der Waals surface area contributed by atoms with E-state index in [4.69, 9.17) is 0 Å². The van der Waals surface area contributed by atoms with Crippen molar-refractivity contribution in [2.24, 2.45) is 0 Å². The summed E-state index contributed by atoms with van der Waals surface area (Å²) in [5.41, 5.74) is 0. The number of carbonyl (C=O) groups is 1. The molecule has 1 saturated heterocycles. The Morgan fingerprint density at radius 3 is 1.58 bits per heavy atom. The van der Waals surface area contributed by atoms with Gasteiger partial charge < -0.3 is 22.6 Å². The van der Waals surface area contributed by atoms with E-state index in [1.54, 1.807) is 0 Å². The number of carbonyl (C=O) groups excluding carboxylic acids is 1. The number of hydrogen-bond acceptors (Lipinski definition) is 2. The van der Waals surface area contributed by atoms with E-state index in [1.165, 1.54) is 0 Å². The molecule has 0 aliphatic carbocycles. The molecule has 72 valence electrons. The second kappa shape index (κ2) is 5.13. The van der Waals surface area contributed by atoms with Crippen LogP contribution >= 0.6 is 0 Å². The average Bonchev–Trinajstić information content (AvgIpc) is 1.85. The third-order valence-corrected chi connectivity index (χ3v) is 1.16. The molecule has 1 N–H and O–H groups in total. The third kappa shape index (κ3) is 12.1. The normalized spacial score (nSPS) is 18.2. The Labute approximate surface area is 67.4 Å². The van der Waals surface area contributed by atoms with Crippen LogP contribution in [0.4, 0.5) is 17.3 Å². The standard InChI is InChI=1S/C5H9NO.BF4/c7-5-1-3-6-4-2-5;2-1(3,4)5/h6H,1-4H2;/q;-1. The average molecular weight is 186 g/mol. The van der Waals surface area contributed by atoms with Crippen molar-refractivity contribution in [3.05, 3.63) is 0 Å². The van der Waals surface area contributed by atoms with Gasteiger partial charge in [0.25, 0.3) is 0 Å². The highest BCUT2D eigenvalue weighted by atomic mass is 19.5. The molecule has 0 bridgehead atoms. The fourth-order valence-corrected chi connectivity index (χ4v) is 0.706. The van der Waals surface area contributed by atoms with Crippen LogP contribution in [-0.2, 0) is 4.79 Å². The molecule has 0 unspecified atom stereocenters. The lowest BCUT2D eigenvalue weighted by Gasteiger charge is -2.08. The van der Waals surface area contributed by atoms with E-state index in [-0.39, 0.29) is 0 Å². The third-order valence-electron chi connectivity index (χ3n) is 1.16. The van der Waals surface area contributed by atoms with Crippen molar-refractivity contribution in [2.75, 3.05) is 13.1 Å². The molecular formula is C5H9BF4NO-. The monoisotopic (exact) mass is 186 g/mol. The largest absolute Gasteiger partial charge is 0.673 e. The maximum atomic E-state index is 10.4. The minimum atomic E-state index is -6.00. The number of ketones is 1. The molecule has 12 heavy (non-hydrogen) atoms. The number of rotatable bonds is 0. The Bertz CT molecular complexity index is 135. The Morgan fingerprint density at radius 2 is 1.42 bits per heavy atom. The second-order valence-corrected chi connectivity index (χ2v) is 2.28. The van der Waals surface area contributed by atoms with Gasteiger partial charge in [-0.1, -0.05) is 0 Å². The van der Waals surface area contributed by atoms with Crippen molar-refractivity contribution < 1.29 is 22.1 Å². The van der Waals surface area contributed by atoms with Gasteiger partial charge in [0, 0.05) is 25.9 Å². The van der Waals surface area contributed by atoms with Crippen LogP contribution in [-0.4, -0.2) is 26.1 Å². The van der Waals surface area contributed by atoms with Gasteiger partial charge in [0.15, 0.2) is 0 Å². The number of piperidine rings is 1. The molecule has 1 heterocycles. The topological polar surface area (TPSA) is 29.1 Å². The lowest BCUT2D eigenvalue weighted by atomic mass is 10.1. The van der Waals surface area contributed by atoms with E-state index >= 15 is 0 Å². The summed E-state index contributed by atoms with van der Waals surface area (Å²) in [6.07, 6.45) is 1.47. The first kappa shape index (κ1) is 11.4.